The van der Waals surface area contributed by atoms with Gasteiger partial charge in [-0.15, -0.1) is 0 Å². The van der Waals surface area contributed by atoms with Gasteiger partial charge in [-0.1, -0.05) is 40.2 Å². The molecule has 0 radical (unpaired) electrons. The Labute approximate surface area is 119 Å². The summed E-state index contributed by atoms with van der Waals surface area (Å²) >= 11 is 3.42. The number of hydrogen-bond acceptors (Lipinski definition) is 1. The van der Waals surface area contributed by atoms with Crippen LogP contribution in [-0.4, -0.2) is 4.57 Å². The predicted octanol–water partition coefficient (Wildman–Crippen LogP) is 3.97. The average Bonchev–Trinajstić information content (AvgIpc) is 2.44. The number of rotatable bonds is 1. The highest BCUT2D eigenvalue weighted by atomic mass is 79.9. The van der Waals surface area contributed by atoms with Crippen LogP contribution < -0.4 is 5.43 Å². The smallest absolute Gasteiger partial charge is 0.190 e. The molecule has 94 valence electrons. The molecule has 0 spiro atoms. The normalized spacial score (nSPS) is 10.8. The molecule has 1 heterocycles. The first-order valence-electron chi connectivity index (χ1n) is 6.01. The van der Waals surface area contributed by atoms with Crippen LogP contribution >= 0.6 is 15.9 Å². The SMILES string of the molecule is Cn1c(-c2ccc(Br)cc2)cc(=O)c2ccccc21. The van der Waals surface area contributed by atoms with Crippen LogP contribution in [0.2, 0.25) is 0 Å². The van der Waals surface area contributed by atoms with Crippen molar-refractivity contribution in [1.29, 1.82) is 0 Å². The van der Waals surface area contributed by atoms with Crippen LogP contribution in [0.25, 0.3) is 22.2 Å². The average molecular weight is 314 g/mol. The highest BCUT2D eigenvalue weighted by Gasteiger charge is 2.07. The predicted molar refractivity (Wildman–Crippen MR) is 82.3 cm³/mol. The highest BCUT2D eigenvalue weighted by molar-refractivity contribution is 9.10. The molecule has 2 nitrogen and oxygen atoms in total. The van der Waals surface area contributed by atoms with Gasteiger partial charge in [0.2, 0.25) is 0 Å². The summed E-state index contributed by atoms with van der Waals surface area (Å²) in [5.41, 5.74) is 2.98. The molecule has 0 bridgehead atoms. The number of halogens is 1. The van der Waals surface area contributed by atoms with Crippen LogP contribution in [0.1, 0.15) is 0 Å². The van der Waals surface area contributed by atoms with E-state index in [1.807, 2.05) is 55.6 Å². The fraction of sp³-hybridized carbons (Fsp3) is 0.0625. The summed E-state index contributed by atoms with van der Waals surface area (Å²) in [4.78, 5) is 12.2. The quantitative estimate of drug-likeness (QED) is 0.666. The molecule has 1 aromatic heterocycles. The lowest BCUT2D eigenvalue weighted by atomic mass is 10.1. The Kier molecular flexibility index (Phi) is 2.99. The van der Waals surface area contributed by atoms with Crippen molar-refractivity contribution in [1.82, 2.24) is 4.57 Å². The number of pyridine rings is 1. The minimum absolute atomic E-state index is 0.0617. The number of aryl methyl sites for hydroxylation is 1. The molecule has 0 unspecified atom stereocenters. The minimum Gasteiger partial charge on any atom is -0.343 e. The van der Waals surface area contributed by atoms with Gasteiger partial charge in [0, 0.05) is 23.0 Å². The fourth-order valence-electron chi connectivity index (χ4n) is 2.30. The Hall–Kier alpha value is -1.87. The first kappa shape index (κ1) is 12.2. The molecule has 3 rings (SSSR count). The molecule has 3 aromatic rings. The first-order chi connectivity index (χ1) is 9.16. The van der Waals surface area contributed by atoms with Gasteiger partial charge in [0.15, 0.2) is 5.43 Å². The number of para-hydroxylation sites is 1. The number of fused-ring (bicyclic) bond motifs is 1. The Morgan fingerprint density at radius 1 is 1.00 bits per heavy atom. The molecule has 0 N–H and O–H groups in total. The highest BCUT2D eigenvalue weighted by Crippen LogP contribution is 2.23. The lowest BCUT2D eigenvalue weighted by Gasteiger charge is -2.12. The minimum atomic E-state index is 0.0617. The summed E-state index contributed by atoms with van der Waals surface area (Å²) in [6.07, 6.45) is 0. The number of nitrogens with zero attached hydrogens (tertiary/aromatic N) is 1. The zero-order valence-corrected chi connectivity index (χ0v) is 12.0. The van der Waals surface area contributed by atoms with Gasteiger partial charge < -0.3 is 4.57 Å². The van der Waals surface area contributed by atoms with Crippen molar-refractivity contribution in [2.45, 2.75) is 0 Å². The molecule has 2 aromatic carbocycles. The van der Waals surface area contributed by atoms with E-state index < -0.39 is 0 Å². The van der Waals surface area contributed by atoms with E-state index in [1.54, 1.807) is 6.07 Å². The van der Waals surface area contributed by atoms with Crippen molar-refractivity contribution in [2.75, 3.05) is 0 Å². The second-order valence-corrected chi connectivity index (χ2v) is 5.39. The molecule has 0 fully saturated rings. The first-order valence-corrected chi connectivity index (χ1v) is 6.81. The van der Waals surface area contributed by atoms with E-state index in [4.69, 9.17) is 0 Å². The van der Waals surface area contributed by atoms with E-state index in [-0.39, 0.29) is 5.43 Å². The van der Waals surface area contributed by atoms with Gasteiger partial charge in [-0.05, 0) is 29.8 Å². The van der Waals surface area contributed by atoms with Crippen molar-refractivity contribution in [3.63, 3.8) is 0 Å². The van der Waals surface area contributed by atoms with Gasteiger partial charge in [0.25, 0.3) is 0 Å². The van der Waals surface area contributed by atoms with Crippen LogP contribution in [0.3, 0.4) is 0 Å². The van der Waals surface area contributed by atoms with Gasteiger partial charge in [-0.3, -0.25) is 4.79 Å². The van der Waals surface area contributed by atoms with Crippen LogP contribution in [0.15, 0.2) is 63.9 Å². The third kappa shape index (κ3) is 2.10. The summed E-state index contributed by atoms with van der Waals surface area (Å²) in [5, 5.41) is 0.755. The Bertz CT molecular complexity index is 803. The molecule has 0 saturated carbocycles. The second-order valence-electron chi connectivity index (χ2n) is 4.48. The van der Waals surface area contributed by atoms with E-state index in [9.17, 15) is 4.79 Å². The monoisotopic (exact) mass is 313 g/mol. The summed E-state index contributed by atoms with van der Waals surface area (Å²) < 4.78 is 3.09. The third-order valence-electron chi connectivity index (χ3n) is 3.30. The largest absolute Gasteiger partial charge is 0.343 e. The summed E-state index contributed by atoms with van der Waals surface area (Å²) in [6, 6.07) is 17.4. The molecule has 0 aliphatic heterocycles. The molecule has 3 heteroatoms. The standard InChI is InChI=1S/C16H12BrNO/c1-18-14-5-3-2-4-13(14)16(19)10-15(18)11-6-8-12(17)9-7-11/h2-10H,1H3. The van der Waals surface area contributed by atoms with Gasteiger partial charge in [-0.2, -0.15) is 0 Å². The topological polar surface area (TPSA) is 22.0 Å². The zero-order valence-electron chi connectivity index (χ0n) is 10.4. The number of benzene rings is 2. The summed E-state index contributed by atoms with van der Waals surface area (Å²) in [6.45, 7) is 0. The molecular formula is C16H12BrNO. The molecule has 0 aliphatic carbocycles. The third-order valence-corrected chi connectivity index (χ3v) is 3.83. The van der Waals surface area contributed by atoms with Crippen LogP contribution in [0.5, 0.6) is 0 Å². The Morgan fingerprint density at radius 2 is 1.68 bits per heavy atom. The summed E-state index contributed by atoms with van der Waals surface area (Å²) in [7, 11) is 1.99. The van der Waals surface area contributed by atoms with Crippen molar-refractivity contribution < 1.29 is 0 Å². The van der Waals surface area contributed by atoms with Crippen LogP contribution in [0.4, 0.5) is 0 Å². The van der Waals surface area contributed by atoms with E-state index in [2.05, 4.69) is 20.5 Å². The summed E-state index contributed by atoms with van der Waals surface area (Å²) in [5.74, 6) is 0. The Balaban J connectivity index is 2.33. The van der Waals surface area contributed by atoms with Crippen LogP contribution in [-0.2, 0) is 7.05 Å². The van der Waals surface area contributed by atoms with E-state index >= 15 is 0 Å². The van der Waals surface area contributed by atoms with E-state index in [1.165, 1.54) is 0 Å². The maximum atomic E-state index is 12.2. The molecule has 0 amide bonds. The fourth-order valence-corrected chi connectivity index (χ4v) is 2.56. The molecule has 19 heavy (non-hydrogen) atoms. The van der Waals surface area contributed by atoms with Crippen molar-refractivity contribution in [2.24, 2.45) is 7.05 Å². The molecule has 0 atom stereocenters. The van der Waals surface area contributed by atoms with Gasteiger partial charge in [0.05, 0.1) is 11.2 Å². The lowest BCUT2D eigenvalue weighted by molar-refractivity contribution is 0.960. The lowest BCUT2D eigenvalue weighted by Crippen LogP contribution is -2.08. The van der Waals surface area contributed by atoms with Gasteiger partial charge >= 0.3 is 0 Å². The molecule has 0 aliphatic rings. The molecule has 0 saturated heterocycles. The maximum absolute atomic E-state index is 12.2. The van der Waals surface area contributed by atoms with Crippen molar-refractivity contribution >= 4 is 26.8 Å². The Morgan fingerprint density at radius 3 is 2.42 bits per heavy atom. The number of aromatic nitrogens is 1. The van der Waals surface area contributed by atoms with Crippen LogP contribution in [0, 0.1) is 0 Å². The van der Waals surface area contributed by atoms with Crippen molar-refractivity contribution in [3.05, 3.63) is 69.3 Å². The molecular weight excluding hydrogens is 302 g/mol. The van der Waals surface area contributed by atoms with Gasteiger partial charge in [0.1, 0.15) is 0 Å². The number of hydrogen-bond donors (Lipinski definition) is 0. The van der Waals surface area contributed by atoms with E-state index in [0.717, 1.165) is 26.6 Å². The second kappa shape index (κ2) is 4.67. The van der Waals surface area contributed by atoms with E-state index in [0.29, 0.717) is 0 Å². The zero-order chi connectivity index (χ0) is 13.4. The van der Waals surface area contributed by atoms with Gasteiger partial charge in [-0.25, -0.2) is 0 Å². The van der Waals surface area contributed by atoms with Crippen molar-refractivity contribution in [3.8, 4) is 11.3 Å². The maximum Gasteiger partial charge on any atom is 0.190 e.